The maximum Gasteiger partial charge on any atom is 0.184 e. The molecule has 18 heavy (non-hydrogen) atoms. The predicted molar refractivity (Wildman–Crippen MR) is 71.8 cm³/mol. The first kappa shape index (κ1) is 11.7. The molecule has 0 amide bonds. The van der Waals surface area contributed by atoms with E-state index >= 15 is 0 Å². The summed E-state index contributed by atoms with van der Waals surface area (Å²) >= 11 is 0. The Morgan fingerprint density at radius 3 is 2.94 bits per heavy atom. The summed E-state index contributed by atoms with van der Waals surface area (Å²) in [4.78, 5) is 2.41. The van der Waals surface area contributed by atoms with Gasteiger partial charge in [-0.3, -0.25) is 0 Å². The van der Waals surface area contributed by atoms with Gasteiger partial charge in [0, 0.05) is 25.7 Å². The van der Waals surface area contributed by atoms with Crippen molar-refractivity contribution < 1.29 is 9.47 Å². The summed E-state index contributed by atoms with van der Waals surface area (Å²) in [5.74, 6) is 1.81. The van der Waals surface area contributed by atoms with E-state index in [2.05, 4.69) is 30.1 Å². The van der Waals surface area contributed by atoms with Crippen molar-refractivity contribution in [3.8, 4) is 11.5 Å². The summed E-state index contributed by atoms with van der Waals surface area (Å²) in [7, 11) is 0. The van der Waals surface area contributed by atoms with E-state index in [-0.39, 0.29) is 0 Å². The molecular formula is C14H20N2O2. The van der Waals surface area contributed by atoms with Gasteiger partial charge in [-0.2, -0.15) is 0 Å². The van der Waals surface area contributed by atoms with Crippen LogP contribution in [0.1, 0.15) is 12.5 Å². The highest BCUT2D eigenvalue weighted by molar-refractivity contribution is 5.69. The lowest BCUT2D eigenvalue weighted by atomic mass is 10.1. The molecule has 0 radical (unpaired) electrons. The van der Waals surface area contributed by atoms with E-state index in [1.807, 2.05) is 6.07 Å². The first-order valence-electron chi connectivity index (χ1n) is 6.63. The minimum Gasteiger partial charge on any atom is -0.486 e. The highest BCUT2D eigenvalue weighted by Gasteiger charge is 2.25. The van der Waals surface area contributed by atoms with Crippen molar-refractivity contribution in [2.24, 2.45) is 0 Å². The van der Waals surface area contributed by atoms with E-state index < -0.39 is 0 Å². The molecule has 98 valence electrons. The third-order valence-corrected chi connectivity index (χ3v) is 3.57. The molecule has 2 aliphatic heterocycles. The average molecular weight is 248 g/mol. The SMILES string of the molecule is Cc1ccc2c(c1N1CCNC(C)C1)OCCO2. The molecular weight excluding hydrogens is 228 g/mol. The molecule has 4 nitrogen and oxygen atoms in total. The molecule has 4 heteroatoms. The Hall–Kier alpha value is -1.42. The fourth-order valence-electron chi connectivity index (χ4n) is 2.73. The predicted octanol–water partition coefficient (Wildman–Crippen LogP) is 1.56. The van der Waals surface area contributed by atoms with Crippen LogP contribution in [-0.2, 0) is 0 Å². The number of hydrogen-bond acceptors (Lipinski definition) is 4. The van der Waals surface area contributed by atoms with Gasteiger partial charge < -0.3 is 19.7 Å². The number of hydrogen-bond donors (Lipinski definition) is 1. The fraction of sp³-hybridized carbons (Fsp3) is 0.571. The van der Waals surface area contributed by atoms with Crippen molar-refractivity contribution in [2.45, 2.75) is 19.9 Å². The maximum atomic E-state index is 5.84. The molecule has 1 atom stereocenters. The smallest absolute Gasteiger partial charge is 0.184 e. The van der Waals surface area contributed by atoms with Crippen molar-refractivity contribution in [1.82, 2.24) is 5.32 Å². The first-order valence-corrected chi connectivity index (χ1v) is 6.63. The van der Waals surface area contributed by atoms with Gasteiger partial charge in [-0.1, -0.05) is 6.07 Å². The van der Waals surface area contributed by atoms with Crippen LogP contribution in [0.25, 0.3) is 0 Å². The second-order valence-electron chi connectivity index (χ2n) is 5.06. The maximum absolute atomic E-state index is 5.84. The van der Waals surface area contributed by atoms with Gasteiger partial charge in [-0.15, -0.1) is 0 Å². The first-order chi connectivity index (χ1) is 8.75. The van der Waals surface area contributed by atoms with Gasteiger partial charge in [0.2, 0.25) is 0 Å². The number of piperazine rings is 1. The van der Waals surface area contributed by atoms with Gasteiger partial charge in [-0.05, 0) is 25.5 Å². The minimum atomic E-state index is 0.513. The van der Waals surface area contributed by atoms with Gasteiger partial charge in [0.25, 0.3) is 0 Å². The number of anilines is 1. The molecule has 1 saturated heterocycles. The normalized spacial score (nSPS) is 23.0. The number of nitrogens with zero attached hydrogens (tertiary/aromatic N) is 1. The van der Waals surface area contributed by atoms with Gasteiger partial charge in [0.05, 0.1) is 5.69 Å². The standard InChI is InChI=1S/C14H20N2O2/c1-10-3-4-12-14(18-8-7-17-12)13(10)16-6-5-15-11(2)9-16/h3-4,11,15H,5-9H2,1-2H3. The van der Waals surface area contributed by atoms with Crippen molar-refractivity contribution in [2.75, 3.05) is 37.7 Å². The third kappa shape index (κ3) is 2.01. The van der Waals surface area contributed by atoms with E-state index in [9.17, 15) is 0 Å². The Labute approximate surface area is 108 Å². The molecule has 0 spiro atoms. The zero-order valence-electron chi connectivity index (χ0n) is 11.0. The largest absolute Gasteiger partial charge is 0.486 e. The van der Waals surface area contributed by atoms with Crippen molar-refractivity contribution in [3.05, 3.63) is 17.7 Å². The summed E-state index contributed by atoms with van der Waals surface area (Å²) in [6, 6.07) is 4.65. The molecule has 1 aromatic rings. The molecule has 1 fully saturated rings. The van der Waals surface area contributed by atoms with Crippen LogP contribution in [0.2, 0.25) is 0 Å². The van der Waals surface area contributed by atoms with Crippen LogP contribution >= 0.6 is 0 Å². The third-order valence-electron chi connectivity index (χ3n) is 3.57. The Morgan fingerprint density at radius 2 is 2.11 bits per heavy atom. The zero-order valence-corrected chi connectivity index (χ0v) is 11.0. The summed E-state index contributed by atoms with van der Waals surface area (Å²) in [6.07, 6.45) is 0. The van der Waals surface area contributed by atoms with E-state index in [1.54, 1.807) is 0 Å². The number of fused-ring (bicyclic) bond motifs is 1. The lowest BCUT2D eigenvalue weighted by Gasteiger charge is -2.36. The molecule has 3 rings (SSSR count). The van der Waals surface area contributed by atoms with Crippen molar-refractivity contribution >= 4 is 5.69 Å². The van der Waals surface area contributed by atoms with Gasteiger partial charge in [0.15, 0.2) is 11.5 Å². The minimum absolute atomic E-state index is 0.513. The topological polar surface area (TPSA) is 33.7 Å². The second-order valence-corrected chi connectivity index (χ2v) is 5.06. The van der Waals surface area contributed by atoms with Crippen LogP contribution in [-0.4, -0.2) is 38.9 Å². The van der Waals surface area contributed by atoms with Crippen molar-refractivity contribution in [1.29, 1.82) is 0 Å². The lowest BCUT2D eigenvalue weighted by molar-refractivity contribution is 0.171. The molecule has 1 N–H and O–H groups in total. The summed E-state index contributed by atoms with van der Waals surface area (Å²) in [6.45, 7) is 8.70. The Balaban J connectivity index is 1.99. The van der Waals surface area contributed by atoms with Gasteiger partial charge in [0.1, 0.15) is 13.2 Å². The van der Waals surface area contributed by atoms with Gasteiger partial charge in [-0.25, -0.2) is 0 Å². The highest BCUT2D eigenvalue weighted by atomic mass is 16.6. The monoisotopic (exact) mass is 248 g/mol. The van der Waals surface area contributed by atoms with E-state index in [0.29, 0.717) is 19.3 Å². The molecule has 0 bridgehead atoms. The highest BCUT2D eigenvalue weighted by Crippen LogP contribution is 2.42. The van der Waals surface area contributed by atoms with E-state index in [0.717, 1.165) is 31.1 Å². The molecule has 0 aromatic heterocycles. The molecule has 2 heterocycles. The Bertz CT molecular complexity index is 448. The number of benzene rings is 1. The quantitative estimate of drug-likeness (QED) is 0.818. The van der Waals surface area contributed by atoms with Crippen LogP contribution in [0.4, 0.5) is 5.69 Å². The van der Waals surface area contributed by atoms with Crippen LogP contribution in [0, 0.1) is 6.92 Å². The van der Waals surface area contributed by atoms with Crippen molar-refractivity contribution in [3.63, 3.8) is 0 Å². The van der Waals surface area contributed by atoms with Gasteiger partial charge >= 0.3 is 0 Å². The molecule has 0 saturated carbocycles. The Kier molecular flexibility index (Phi) is 3.04. The van der Waals surface area contributed by atoms with Crippen LogP contribution < -0.4 is 19.7 Å². The van der Waals surface area contributed by atoms with E-state index in [1.165, 1.54) is 11.3 Å². The van der Waals surface area contributed by atoms with Crippen LogP contribution in [0.3, 0.4) is 0 Å². The fourth-order valence-corrected chi connectivity index (χ4v) is 2.73. The number of rotatable bonds is 1. The molecule has 0 aliphatic carbocycles. The number of aryl methyl sites for hydroxylation is 1. The Morgan fingerprint density at radius 1 is 1.28 bits per heavy atom. The van der Waals surface area contributed by atoms with Crippen LogP contribution in [0.5, 0.6) is 11.5 Å². The zero-order chi connectivity index (χ0) is 12.5. The molecule has 2 aliphatic rings. The number of ether oxygens (including phenoxy) is 2. The average Bonchev–Trinajstić information content (AvgIpc) is 2.38. The summed E-state index contributed by atoms with van der Waals surface area (Å²) in [5.41, 5.74) is 2.47. The summed E-state index contributed by atoms with van der Waals surface area (Å²) in [5, 5.41) is 3.47. The number of nitrogens with one attached hydrogen (secondary N) is 1. The van der Waals surface area contributed by atoms with E-state index in [4.69, 9.17) is 9.47 Å². The summed E-state index contributed by atoms with van der Waals surface area (Å²) < 4.78 is 11.5. The molecule has 1 aromatic carbocycles. The molecule has 1 unspecified atom stereocenters. The van der Waals surface area contributed by atoms with Crippen LogP contribution in [0.15, 0.2) is 12.1 Å². The second kappa shape index (κ2) is 4.69. The lowest BCUT2D eigenvalue weighted by Crippen LogP contribution is -2.49.